The van der Waals surface area contributed by atoms with Crippen LogP contribution in [0.3, 0.4) is 0 Å². The molecule has 0 aromatic heterocycles. The minimum Gasteiger partial charge on any atom is -0.376 e. The zero-order chi connectivity index (χ0) is 14.9. The van der Waals surface area contributed by atoms with Gasteiger partial charge in [-0.05, 0) is 33.1 Å². The summed E-state index contributed by atoms with van der Waals surface area (Å²) in [4.78, 5) is 2.59. The van der Waals surface area contributed by atoms with Gasteiger partial charge in [-0.1, -0.05) is 25.0 Å². The molecule has 0 aliphatic carbocycles. The van der Waals surface area contributed by atoms with Crippen molar-refractivity contribution in [2.45, 2.75) is 13.8 Å². The van der Waals surface area contributed by atoms with Crippen LogP contribution in [-0.2, 0) is 4.74 Å². The molecule has 0 amide bonds. The van der Waals surface area contributed by atoms with Gasteiger partial charge in [0.15, 0.2) is 0 Å². The first-order chi connectivity index (χ1) is 9.38. The van der Waals surface area contributed by atoms with E-state index in [1.165, 1.54) is 0 Å². The molecule has 1 aliphatic rings. The number of benzene rings is 1. The molecule has 4 nitrogen and oxygen atoms in total. The normalized spacial score (nSPS) is 17.4. The van der Waals surface area contributed by atoms with Crippen LogP contribution in [0.25, 0.3) is 16.0 Å². The summed E-state index contributed by atoms with van der Waals surface area (Å²) < 4.78 is 33.7. The molecule has 20 heavy (non-hydrogen) atoms. The van der Waals surface area contributed by atoms with Crippen molar-refractivity contribution < 1.29 is 13.5 Å². The minimum absolute atomic E-state index is 0.00918. The van der Waals surface area contributed by atoms with E-state index in [9.17, 15) is 8.78 Å². The van der Waals surface area contributed by atoms with Gasteiger partial charge in [0.05, 0.1) is 23.4 Å². The second-order valence-corrected chi connectivity index (χ2v) is 5.94. The topological polar surface area (TPSA) is 58.0 Å². The molecule has 2 rings (SSSR count). The van der Waals surface area contributed by atoms with Gasteiger partial charge < -0.3 is 4.74 Å². The second-order valence-electron chi connectivity index (χ2n) is 5.08. The highest BCUT2D eigenvalue weighted by atomic mass is 79.9. The fraction of sp³-hybridized carbons (Fsp3) is 0.385. The predicted molar refractivity (Wildman–Crippen MR) is 75.4 cm³/mol. The molecule has 0 radical (unpaired) electrons. The van der Waals surface area contributed by atoms with Crippen LogP contribution in [0.15, 0.2) is 21.7 Å². The third-order valence-electron chi connectivity index (χ3n) is 3.16. The third kappa shape index (κ3) is 2.57. The number of hydrogen-bond acceptors (Lipinski definition) is 2. The molecule has 0 bridgehead atoms. The Hall–Kier alpha value is -1.43. The lowest BCUT2D eigenvalue weighted by atomic mass is 9.79. The minimum atomic E-state index is -0.769. The van der Waals surface area contributed by atoms with Gasteiger partial charge in [-0.3, -0.25) is 0 Å². The Labute approximate surface area is 123 Å². The molecule has 0 spiro atoms. The lowest BCUT2D eigenvalue weighted by molar-refractivity contribution is 0.0975. The van der Waals surface area contributed by atoms with Crippen molar-refractivity contribution in [3.63, 3.8) is 0 Å². The molecule has 1 aliphatic heterocycles. The zero-order valence-corrected chi connectivity index (χ0v) is 12.5. The maximum atomic E-state index is 14.4. The summed E-state index contributed by atoms with van der Waals surface area (Å²) in [5.41, 5.74) is 8.30. The average Bonchev–Trinajstić information content (AvgIpc) is 2.37. The molecule has 0 saturated heterocycles. The van der Waals surface area contributed by atoms with Crippen molar-refractivity contribution in [3.8, 4) is 0 Å². The summed E-state index contributed by atoms with van der Waals surface area (Å²) >= 11 is 2.98. The van der Waals surface area contributed by atoms with Crippen molar-refractivity contribution in [2.24, 2.45) is 10.5 Å². The van der Waals surface area contributed by atoms with Gasteiger partial charge in [0, 0.05) is 15.9 Å². The van der Waals surface area contributed by atoms with Crippen LogP contribution in [0.5, 0.6) is 0 Å². The van der Waals surface area contributed by atoms with E-state index in [-0.39, 0.29) is 15.7 Å². The van der Waals surface area contributed by atoms with Crippen LogP contribution >= 0.6 is 15.9 Å². The molecule has 0 N–H and O–H groups in total. The standard InChI is InChI=1S/C13H12BrF2N3O/c1-13(2)6-20-4-3-7(13)10-11(16)8(14)5-9(15)12(10)18-19-17/h3,5H,4,6H2,1-2H3. The molecule has 0 fully saturated rings. The maximum absolute atomic E-state index is 14.4. The molecule has 0 atom stereocenters. The maximum Gasteiger partial charge on any atom is 0.145 e. The molecule has 7 heteroatoms. The van der Waals surface area contributed by atoms with E-state index in [2.05, 4.69) is 26.0 Å². The molecule has 106 valence electrons. The van der Waals surface area contributed by atoms with Crippen molar-refractivity contribution >= 4 is 27.2 Å². The number of halogens is 3. The van der Waals surface area contributed by atoms with Crippen molar-refractivity contribution in [1.82, 2.24) is 0 Å². The lowest BCUT2D eigenvalue weighted by Gasteiger charge is -2.32. The molecule has 1 aromatic rings. The molecule has 0 unspecified atom stereocenters. The number of ether oxygens (including phenoxy) is 1. The largest absolute Gasteiger partial charge is 0.376 e. The van der Waals surface area contributed by atoms with Gasteiger partial charge >= 0.3 is 0 Å². The molecular weight excluding hydrogens is 332 g/mol. The highest BCUT2D eigenvalue weighted by Crippen LogP contribution is 2.44. The van der Waals surface area contributed by atoms with Crippen molar-refractivity contribution in [2.75, 3.05) is 13.2 Å². The van der Waals surface area contributed by atoms with Crippen molar-refractivity contribution in [1.29, 1.82) is 0 Å². The fourth-order valence-electron chi connectivity index (χ4n) is 2.22. The Morgan fingerprint density at radius 2 is 2.15 bits per heavy atom. The van der Waals surface area contributed by atoms with Gasteiger partial charge in [0.1, 0.15) is 11.6 Å². The van der Waals surface area contributed by atoms with Gasteiger partial charge in [0.2, 0.25) is 0 Å². The van der Waals surface area contributed by atoms with Crippen LogP contribution in [0.4, 0.5) is 14.5 Å². The van der Waals surface area contributed by atoms with Crippen LogP contribution in [0.1, 0.15) is 19.4 Å². The average molecular weight is 344 g/mol. The number of azide groups is 1. The summed E-state index contributed by atoms with van der Waals surface area (Å²) in [6.07, 6.45) is 1.68. The number of hydrogen-bond donors (Lipinski definition) is 0. The van der Waals surface area contributed by atoms with Crippen LogP contribution in [0, 0.1) is 17.0 Å². The SMILES string of the molecule is CC1(C)COCC=C1c1c(F)c(Br)cc(F)c1N=[N+]=[N-]. The van der Waals surface area contributed by atoms with E-state index in [0.29, 0.717) is 18.8 Å². The highest BCUT2D eigenvalue weighted by Gasteiger charge is 2.32. The van der Waals surface area contributed by atoms with Gasteiger partial charge in [0.25, 0.3) is 0 Å². The monoisotopic (exact) mass is 343 g/mol. The van der Waals surface area contributed by atoms with Crippen LogP contribution in [0.2, 0.25) is 0 Å². The lowest BCUT2D eigenvalue weighted by Crippen LogP contribution is -2.26. The smallest absolute Gasteiger partial charge is 0.145 e. The molecule has 0 saturated carbocycles. The Morgan fingerprint density at radius 1 is 1.45 bits per heavy atom. The first-order valence-electron chi connectivity index (χ1n) is 5.90. The first-order valence-corrected chi connectivity index (χ1v) is 6.69. The number of rotatable bonds is 2. The van der Waals surface area contributed by atoms with Gasteiger partial charge in [-0.25, -0.2) is 8.78 Å². The molecule has 1 aromatic carbocycles. The Bertz CT molecular complexity index is 637. The third-order valence-corrected chi connectivity index (χ3v) is 3.73. The van der Waals surface area contributed by atoms with Gasteiger partial charge in [-0.15, -0.1) is 0 Å². The predicted octanol–water partition coefficient (Wildman–Crippen LogP) is 5.11. The first kappa shape index (κ1) is 15.0. The van der Waals surface area contributed by atoms with E-state index < -0.39 is 17.0 Å². The van der Waals surface area contributed by atoms with E-state index in [4.69, 9.17) is 10.3 Å². The van der Waals surface area contributed by atoms with Crippen LogP contribution in [-0.4, -0.2) is 13.2 Å². The van der Waals surface area contributed by atoms with E-state index in [0.717, 1.165) is 6.07 Å². The number of nitrogens with zero attached hydrogens (tertiary/aromatic N) is 3. The quantitative estimate of drug-likeness (QED) is 0.318. The summed E-state index contributed by atoms with van der Waals surface area (Å²) in [6.45, 7) is 4.40. The summed E-state index contributed by atoms with van der Waals surface area (Å²) in [5, 5.41) is 3.31. The second kappa shape index (κ2) is 5.52. The van der Waals surface area contributed by atoms with E-state index >= 15 is 0 Å². The molecule has 1 heterocycles. The Balaban J connectivity index is 2.78. The Kier molecular flexibility index (Phi) is 4.13. The van der Waals surface area contributed by atoms with Crippen LogP contribution < -0.4 is 0 Å². The van der Waals surface area contributed by atoms with E-state index in [1.54, 1.807) is 6.08 Å². The zero-order valence-electron chi connectivity index (χ0n) is 11.0. The fourth-order valence-corrected chi connectivity index (χ4v) is 2.62. The van der Waals surface area contributed by atoms with Gasteiger partial charge in [-0.2, -0.15) is 0 Å². The summed E-state index contributed by atoms with van der Waals surface area (Å²) in [7, 11) is 0. The Morgan fingerprint density at radius 3 is 2.75 bits per heavy atom. The van der Waals surface area contributed by atoms with Crippen molar-refractivity contribution in [3.05, 3.63) is 44.3 Å². The highest BCUT2D eigenvalue weighted by molar-refractivity contribution is 9.10. The molecular formula is C13H12BrF2N3O. The summed E-state index contributed by atoms with van der Waals surface area (Å²) in [6, 6.07) is 0.954. The van der Waals surface area contributed by atoms with E-state index in [1.807, 2.05) is 13.8 Å². The summed E-state index contributed by atoms with van der Waals surface area (Å²) in [5.74, 6) is -1.41.